The van der Waals surface area contributed by atoms with Crippen molar-refractivity contribution < 1.29 is 9.53 Å². The highest BCUT2D eigenvalue weighted by Crippen LogP contribution is 2.24. The molecule has 0 aliphatic heterocycles. The zero-order chi connectivity index (χ0) is 16.0. The normalized spacial score (nSPS) is 13.9. The quantitative estimate of drug-likeness (QED) is 0.812. The van der Waals surface area contributed by atoms with Crippen LogP contribution in [0.5, 0.6) is 5.75 Å². The lowest BCUT2D eigenvalue weighted by atomic mass is 9.98. The van der Waals surface area contributed by atoms with Crippen LogP contribution in [0.25, 0.3) is 0 Å². The molecule has 1 aromatic rings. The number of benzene rings is 1. The topological polar surface area (TPSA) is 64.3 Å². The molecular formula is C17H28N2O2. The van der Waals surface area contributed by atoms with E-state index in [1.165, 1.54) is 11.1 Å². The summed E-state index contributed by atoms with van der Waals surface area (Å²) in [6.07, 6.45) is -0.515. The van der Waals surface area contributed by atoms with E-state index >= 15 is 0 Å². The minimum absolute atomic E-state index is 0.110. The number of carbonyl (C=O) groups is 1. The van der Waals surface area contributed by atoms with Crippen LogP contribution in [0.2, 0.25) is 0 Å². The van der Waals surface area contributed by atoms with Gasteiger partial charge in [-0.15, -0.1) is 0 Å². The molecule has 4 heteroatoms. The van der Waals surface area contributed by atoms with Gasteiger partial charge in [-0.05, 0) is 55.5 Å². The molecule has 0 heterocycles. The number of nitrogens with two attached hydrogens (primary N) is 1. The average Bonchev–Trinajstić information content (AvgIpc) is 2.43. The number of nitrogens with one attached hydrogen (secondary N) is 1. The highest BCUT2D eigenvalue weighted by molar-refractivity contribution is 5.80. The Kier molecular flexibility index (Phi) is 6.69. The van der Waals surface area contributed by atoms with E-state index in [4.69, 9.17) is 10.5 Å². The highest BCUT2D eigenvalue weighted by atomic mass is 16.5. The largest absolute Gasteiger partial charge is 0.481 e. The van der Waals surface area contributed by atoms with Crippen LogP contribution in [-0.2, 0) is 4.79 Å². The molecule has 2 unspecified atom stereocenters. The Bertz CT molecular complexity index is 472. The van der Waals surface area contributed by atoms with Gasteiger partial charge in [0.1, 0.15) is 5.75 Å². The Hall–Kier alpha value is -1.55. The van der Waals surface area contributed by atoms with E-state index in [-0.39, 0.29) is 11.8 Å². The van der Waals surface area contributed by atoms with Crippen LogP contribution < -0.4 is 15.8 Å². The summed E-state index contributed by atoms with van der Waals surface area (Å²) >= 11 is 0. The zero-order valence-corrected chi connectivity index (χ0v) is 13.8. The van der Waals surface area contributed by atoms with Crippen molar-refractivity contribution in [1.82, 2.24) is 5.32 Å². The molecule has 0 bridgehead atoms. The lowest BCUT2D eigenvalue weighted by Crippen LogP contribution is -2.39. The van der Waals surface area contributed by atoms with Crippen molar-refractivity contribution in [3.8, 4) is 5.75 Å². The maximum atomic E-state index is 12.0. The van der Waals surface area contributed by atoms with E-state index in [9.17, 15) is 4.79 Å². The molecule has 0 saturated carbocycles. The number of aryl methyl sites for hydroxylation is 1. The van der Waals surface area contributed by atoms with Crippen molar-refractivity contribution in [3.05, 3.63) is 29.3 Å². The van der Waals surface area contributed by atoms with Crippen LogP contribution in [0.15, 0.2) is 18.2 Å². The Balaban J connectivity index is 2.60. The molecule has 0 aromatic heterocycles. The van der Waals surface area contributed by atoms with Gasteiger partial charge in [-0.3, -0.25) is 4.79 Å². The smallest absolute Gasteiger partial charge is 0.260 e. The predicted molar refractivity (Wildman–Crippen MR) is 86.6 cm³/mol. The molecule has 0 radical (unpaired) electrons. The molecule has 118 valence electrons. The van der Waals surface area contributed by atoms with Crippen molar-refractivity contribution >= 4 is 5.91 Å². The van der Waals surface area contributed by atoms with Crippen molar-refractivity contribution in [1.29, 1.82) is 0 Å². The molecule has 0 spiro atoms. The molecule has 4 nitrogen and oxygen atoms in total. The van der Waals surface area contributed by atoms with E-state index in [0.717, 1.165) is 5.75 Å². The second-order valence-corrected chi connectivity index (χ2v) is 6.02. The molecule has 2 atom stereocenters. The third-order valence-electron chi connectivity index (χ3n) is 3.57. The van der Waals surface area contributed by atoms with Gasteiger partial charge in [0.05, 0.1) is 0 Å². The van der Waals surface area contributed by atoms with Gasteiger partial charge in [-0.2, -0.15) is 0 Å². The molecule has 21 heavy (non-hydrogen) atoms. The summed E-state index contributed by atoms with van der Waals surface area (Å²) < 4.78 is 5.71. The summed E-state index contributed by atoms with van der Waals surface area (Å²) in [7, 11) is 0. The fraction of sp³-hybridized carbons (Fsp3) is 0.588. The second-order valence-electron chi connectivity index (χ2n) is 6.02. The lowest BCUT2D eigenvalue weighted by Gasteiger charge is -2.18. The van der Waals surface area contributed by atoms with Gasteiger partial charge >= 0.3 is 0 Å². The molecular weight excluding hydrogens is 264 g/mol. The van der Waals surface area contributed by atoms with Crippen LogP contribution >= 0.6 is 0 Å². The van der Waals surface area contributed by atoms with Gasteiger partial charge in [0.2, 0.25) is 0 Å². The standard InChI is InChI=1S/C17H28N2O2/c1-11(2)16-7-6-15(8-13(16)4)21-14(5)17(20)19-10-12(3)9-18/h6-8,11-12,14H,9-10,18H2,1-5H3,(H,19,20). The SMILES string of the molecule is Cc1cc(OC(C)C(=O)NCC(C)CN)ccc1C(C)C. The fourth-order valence-corrected chi connectivity index (χ4v) is 2.13. The number of rotatable bonds is 7. The molecule has 1 aromatic carbocycles. The first kappa shape index (κ1) is 17.5. The van der Waals surface area contributed by atoms with Crippen molar-refractivity contribution in [3.63, 3.8) is 0 Å². The summed E-state index contributed by atoms with van der Waals surface area (Å²) in [5.74, 6) is 1.37. The fourth-order valence-electron chi connectivity index (χ4n) is 2.13. The first-order chi connectivity index (χ1) is 9.85. The maximum absolute atomic E-state index is 12.0. The van der Waals surface area contributed by atoms with E-state index in [1.54, 1.807) is 6.92 Å². The second kappa shape index (κ2) is 8.03. The van der Waals surface area contributed by atoms with Crippen molar-refractivity contribution in [2.45, 2.75) is 46.6 Å². The lowest BCUT2D eigenvalue weighted by molar-refractivity contribution is -0.127. The van der Waals surface area contributed by atoms with E-state index < -0.39 is 6.10 Å². The van der Waals surface area contributed by atoms with Gasteiger partial charge in [-0.25, -0.2) is 0 Å². The Morgan fingerprint density at radius 2 is 1.95 bits per heavy atom. The van der Waals surface area contributed by atoms with Crippen molar-refractivity contribution in [2.75, 3.05) is 13.1 Å². The first-order valence-electron chi connectivity index (χ1n) is 7.60. The monoisotopic (exact) mass is 292 g/mol. The summed E-state index contributed by atoms with van der Waals surface area (Å²) in [5.41, 5.74) is 8.02. The first-order valence-corrected chi connectivity index (χ1v) is 7.60. The third kappa shape index (κ3) is 5.38. The Morgan fingerprint density at radius 3 is 2.48 bits per heavy atom. The summed E-state index contributed by atoms with van der Waals surface area (Å²) in [4.78, 5) is 12.0. The van der Waals surface area contributed by atoms with Gasteiger partial charge in [0, 0.05) is 6.54 Å². The van der Waals surface area contributed by atoms with Crippen LogP contribution in [0.1, 0.15) is 44.7 Å². The molecule has 3 N–H and O–H groups in total. The average molecular weight is 292 g/mol. The van der Waals surface area contributed by atoms with Crippen LogP contribution in [0, 0.1) is 12.8 Å². The number of carbonyl (C=O) groups excluding carboxylic acids is 1. The van der Waals surface area contributed by atoms with Crippen LogP contribution in [0.3, 0.4) is 0 Å². The summed E-state index contributed by atoms with van der Waals surface area (Å²) in [6.45, 7) is 11.3. The van der Waals surface area contributed by atoms with Gasteiger partial charge in [0.25, 0.3) is 5.91 Å². The minimum Gasteiger partial charge on any atom is -0.481 e. The number of hydrogen-bond acceptors (Lipinski definition) is 3. The van der Waals surface area contributed by atoms with Crippen LogP contribution in [-0.4, -0.2) is 25.1 Å². The van der Waals surface area contributed by atoms with Gasteiger partial charge in [0.15, 0.2) is 6.10 Å². The highest BCUT2D eigenvalue weighted by Gasteiger charge is 2.15. The maximum Gasteiger partial charge on any atom is 0.260 e. The van der Waals surface area contributed by atoms with Crippen molar-refractivity contribution in [2.24, 2.45) is 11.7 Å². The summed E-state index contributed by atoms with van der Waals surface area (Å²) in [5, 5.41) is 2.85. The zero-order valence-electron chi connectivity index (χ0n) is 13.8. The van der Waals surface area contributed by atoms with Gasteiger partial charge in [-0.1, -0.05) is 26.8 Å². The summed E-state index contributed by atoms with van der Waals surface area (Å²) in [6, 6.07) is 5.98. The number of ether oxygens (including phenoxy) is 1. The van der Waals surface area contributed by atoms with Crippen LogP contribution in [0.4, 0.5) is 0 Å². The molecule has 0 saturated heterocycles. The molecule has 0 aliphatic rings. The Labute approximate surface area is 128 Å². The number of amides is 1. The molecule has 1 amide bonds. The minimum atomic E-state index is -0.515. The third-order valence-corrected chi connectivity index (χ3v) is 3.57. The van der Waals surface area contributed by atoms with Gasteiger partial charge < -0.3 is 15.8 Å². The van der Waals surface area contributed by atoms with E-state index in [0.29, 0.717) is 19.0 Å². The Morgan fingerprint density at radius 1 is 1.29 bits per heavy atom. The number of hydrogen-bond donors (Lipinski definition) is 2. The molecule has 1 rings (SSSR count). The van der Waals surface area contributed by atoms with E-state index in [1.807, 2.05) is 19.1 Å². The molecule has 0 aliphatic carbocycles. The molecule has 0 fully saturated rings. The van der Waals surface area contributed by atoms with E-state index in [2.05, 4.69) is 32.2 Å². The predicted octanol–water partition coefficient (Wildman–Crippen LogP) is 2.60.